The van der Waals surface area contributed by atoms with Gasteiger partial charge >= 0.3 is 0 Å². The number of thiophene rings is 1. The van der Waals surface area contributed by atoms with Gasteiger partial charge in [0.05, 0.1) is 24.7 Å². The topological polar surface area (TPSA) is 88.1 Å². The maximum Gasteiger partial charge on any atom is 0.232 e. The van der Waals surface area contributed by atoms with Crippen LogP contribution in [0.2, 0.25) is 0 Å². The van der Waals surface area contributed by atoms with Crippen LogP contribution in [0, 0.1) is 17.2 Å². The number of nitrogens with zero attached hydrogens (tertiary/aromatic N) is 1. The average molecular weight is 277 g/mol. The van der Waals surface area contributed by atoms with E-state index < -0.39 is 0 Å². The molecule has 2 heterocycles. The number of carbonyl (C=O) groups excluding carboxylic acids is 1. The van der Waals surface area contributed by atoms with Gasteiger partial charge in [-0.3, -0.25) is 4.79 Å². The molecule has 2 atom stereocenters. The lowest BCUT2D eigenvalue weighted by Crippen LogP contribution is -2.37. The summed E-state index contributed by atoms with van der Waals surface area (Å²) in [7, 11) is 0. The van der Waals surface area contributed by atoms with Crippen molar-refractivity contribution in [3.63, 3.8) is 0 Å². The van der Waals surface area contributed by atoms with Gasteiger partial charge in [0.25, 0.3) is 0 Å². The highest BCUT2D eigenvalue weighted by Gasteiger charge is 2.32. The predicted molar refractivity (Wildman–Crippen MR) is 72.0 cm³/mol. The molecule has 1 fully saturated rings. The molecule has 0 saturated carbocycles. The van der Waals surface area contributed by atoms with Crippen LogP contribution in [0.5, 0.6) is 0 Å². The zero-order valence-corrected chi connectivity index (χ0v) is 11.3. The van der Waals surface area contributed by atoms with Gasteiger partial charge in [-0.25, -0.2) is 0 Å². The second-order valence-corrected chi connectivity index (χ2v) is 6.08. The lowest BCUT2D eigenvalue weighted by atomic mass is 10.0. The van der Waals surface area contributed by atoms with Gasteiger partial charge in [-0.15, -0.1) is 11.3 Å². The third-order valence-electron chi connectivity index (χ3n) is 3.73. The Labute approximate surface area is 115 Å². The standard InChI is InChI=1S/C13H15N3O2S/c14-4-8-7-2-1-3-11(7)19-13(8)16-12(17)9-5-18-6-10(9)15/h9-10H,1-3,5-6,15H2,(H,16,17). The maximum absolute atomic E-state index is 12.1. The molecule has 0 aromatic carbocycles. The highest BCUT2D eigenvalue weighted by Crippen LogP contribution is 2.38. The molecular weight excluding hydrogens is 262 g/mol. The predicted octanol–water partition coefficient (Wildman–Crippen LogP) is 1.02. The van der Waals surface area contributed by atoms with Gasteiger partial charge < -0.3 is 15.8 Å². The van der Waals surface area contributed by atoms with E-state index in [0.29, 0.717) is 23.8 Å². The Balaban J connectivity index is 1.80. The van der Waals surface area contributed by atoms with Gasteiger partial charge in [0.2, 0.25) is 5.91 Å². The van der Waals surface area contributed by atoms with Crippen LogP contribution in [0.1, 0.15) is 22.4 Å². The van der Waals surface area contributed by atoms with E-state index in [4.69, 9.17) is 10.5 Å². The molecule has 5 nitrogen and oxygen atoms in total. The van der Waals surface area contributed by atoms with Crippen molar-refractivity contribution < 1.29 is 9.53 Å². The first-order chi connectivity index (χ1) is 9.20. The molecule has 3 N–H and O–H groups in total. The summed E-state index contributed by atoms with van der Waals surface area (Å²) in [4.78, 5) is 13.4. The van der Waals surface area contributed by atoms with Gasteiger partial charge in [0, 0.05) is 10.9 Å². The zero-order chi connectivity index (χ0) is 13.4. The summed E-state index contributed by atoms with van der Waals surface area (Å²) in [6.07, 6.45) is 3.05. The van der Waals surface area contributed by atoms with Crippen molar-refractivity contribution in [3.8, 4) is 6.07 Å². The Kier molecular flexibility index (Phi) is 3.27. The molecule has 100 valence electrons. The van der Waals surface area contributed by atoms with Crippen LogP contribution in [-0.2, 0) is 22.4 Å². The van der Waals surface area contributed by atoms with Crippen molar-refractivity contribution in [1.29, 1.82) is 5.26 Å². The van der Waals surface area contributed by atoms with E-state index in [9.17, 15) is 10.1 Å². The van der Waals surface area contributed by atoms with Gasteiger partial charge in [0.15, 0.2) is 0 Å². The number of hydrogen-bond acceptors (Lipinski definition) is 5. The Morgan fingerprint density at radius 2 is 2.32 bits per heavy atom. The molecule has 3 rings (SSSR count). The SMILES string of the molecule is N#Cc1c(NC(=O)C2COCC2N)sc2c1CCC2. The minimum atomic E-state index is -0.316. The first kappa shape index (κ1) is 12.6. The molecule has 1 saturated heterocycles. The third kappa shape index (κ3) is 2.14. The maximum atomic E-state index is 12.1. The molecule has 0 radical (unpaired) electrons. The van der Waals surface area contributed by atoms with E-state index in [1.807, 2.05) is 0 Å². The van der Waals surface area contributed by atoms with Crippen molar-refractivity contribution in [1.82, 2.24) is 0 Å². The minimum Gasteiger partial charge on any atom is -0.379 e. The molecule has 1 amide bonds. The molecule has 2 unspecified atom stereocenters. The second-order valence-electron chi connectivity index (χ2n) is 4.97. The lowest BCUT2D eigenvalue weighted by Gasteiger charge is -2.12. The van der Waals surface area contributed by atoms with Crippen LogP contribution in [0.25, 0.3) is 0 Å². The fourth-order valence-electron chi connectivity index (χ4n) is 2.66. The van der Waals surface area contributed by atoms with Crippen molar-refractivity contribution in [3.05, 3.63) is 16.0 Å². The highest BCUT2D eigenvalue weighted by atomic mass is 32.1. The molecule has 6 heteroatoms. The van der Waals surface area contributed by atoms with Crippen molar-refractivity contribution in [2.45, 2.75) is 25.3 Å². The molecule has 0 bridgehead atoms. The van der Waals surface area contributed by atoms with Crippen LogP contribution in [-0.4, -0.2) is 25.2 Å². The molecule has 0 spiro atoms. The second kappa shape index (κ2) is 4.93. The van der Waals surface area contributed by atoms with Gasteiger partial charge in [0.1, 0.15) is 11.1 Å². The van der Waals surface area contributed by atoms with Gasteiger partial charge in [-0.05, 0) is 24.8 Å². The molecule has 1 aromatic heterocycles. The van der Waals surface area contributed by atoms with Crippen molar-refractivity contribution in [2.75, 3.05) is 18.5 Å². The highest BCUT2D eigenvalue weighted by molar-refractivity contribution is 7.16. The minimum absolute atomic E-state index is 0.138. The number of fused-ring (bicyclic) bond motifs is 1. The number of nitriles is 1. The fourth-order valence-corrected chi connectivity index (χ4v) is 3.90. The molecular formula is C13H15N3O2S. The Hall–Kier alpha value is -1.42. The van der Waals surface area contributed by atoms with E-state index >= 15 is 0 Å². The number of carbonyl (C=O) groups is 1. The van der Waals surface area contributed by atoms with Gasteiger partial charge in [-0.2, -0.15) is 5.26 Å². The summed E-state index contributed by atoms with van der Waals surface area (Å²) in [6, 6.07) is 1.96. The monoisotopic (exact) mass is 277 g/mol. The fraction of sp³-hybridized carbons (Fsp3) is 0.538. The largest absolute Gasteiger partial charge is 0.379 e. The number of nitrogens with two attached hydrogens (primary N) is 1. The summed E-state index contributed by atoms with van der Waals surface area (Å²) in [5.74, 6) is -0.454. The lowest BCUT2D eigenvalue weighted by molar-refractivity contribution is -0.120. The summed E-state index contributed by atoms with van der Waals surface area (Å²) >= 11 is 1.53. The molecule has 1 aliphatic carbocycles. The third-order valence-corrected chi connectivity index (χ3v) is 4.94. The number of nitrogens with one attached hydrogen (secondary N) is 1. The summed E-state index contributed by atoms with van der Waals surface area (Å²) < 4.78 is 5.20. The quantitative estimate of drug-likeness (QED) is 0.844. The van der Waals surface area contributed by atoms with Crippen LogP contribution in [0.3, 0.4) is 0 Å². The van der Waals surface area contributed by atoms with Crippen LogP contribution in [0.15, 0.2) is 0 Å². The van der Waals surface area contributed by atoms with E-state index in [-0.39, 0.29) is 17.9 Å². The summed E-state index contributed by atoms with van der Waals surface area (Å²) in [5, 5.41) is 12.8. The zero-order valence-electron chi connectivity index (χ0n) is 10.4. The van der Waals surface area contributed by atoms with Crippen LogP contribution >= 0.6 is 11.3 Å². The Morgan fingerprint density at radius 3 is 3.00 bits per heavy atom. The number of rotatable bonds is 2. The smallest absolute Gasteiger partial charge is 0.232 e. The van der Waals surface area contributed by atoms with Crippen molar-refractivity contribution in [2.24, 2.45) is 11.7 Å². The molecule has 2 aliphatic rings. The first-order valence-corrected chi connectivity index (χ1v) is 7.21. The number of anilines is 1. The van der Waals surface area contributed by atoms with E-state index in [1.54, 1.807) is 0 Å². The average Bonchev–Trinajstić information content (AvgIpc) is 3.04. The van der Waals surface area contributed by atoms with Crippen LogP contribution < -0.4 is 11.1 Å². The van der Waals surface area contributed by atoms with E-state index in [0.717, 1.165) is 24.8 Å². The van der Waals surface area contributed by atoms with Crippen LogP contribution in [0.4, 0.5) is 5.00 Å². The molecule has 19 heavy (non-hydrogen) atoms. The summed E-state index contributed by atoms with van der Waals surface area (Å²) in [6.45, 7) is 0.782. The van der Waals surface area contributed by atoms with Crippen molar-refractivity contribution >= 4 is 22.2 Å². The number of ether oxygens (including phenoxy) is 1. The number of amides is 1. The van der Waals surface area contributed by atoms with E-state index in [1.165, 1.54) is 16.2 Å². The Bertz CT molecular complexity index is 561. The summed E-state index contributed by atoms with van der Waals surface area (Å²) in [5.41, 5.74) is 7.59. The number of hydrogen-bond donors (Lipinski definition) is 2. The normalized spacial score (nSPS) is 25.1. The Morgan fingerprint density at radius 1 is 1.47 bits per heavy atom. The number of aryl methyl sites for hydroxylation is 1. The molecule has 1 aromatic rings. The first-order valence-electron chi connectivity index (χ1n) is 6.39. The van der Waals surface area contributed by atoms with E-state index in [2.05, 4.69) is 11.4 Å². The van der Waals surface area contributed by atoms with Gasteiger partial charge in [-0.1, -0.05) is 0 Å². The molecule has 1 aliphatic heterocycles.